The van der Waals surface area contributed by atoms with Crippen molar-refractivity contribution in [3.05, 3.63) is 320 Å². The van der Waals surface area contributed by atoms with Crippen molar-refractivity contribution in [3.8, 4) is 0 Å². The first-order valence-corrected chi connectivity index (χ1v) is 43.3. The molecule has 18 heteroatoms. The summed E-state index contributed by atoms with van der Waals surface area (Å²) >= 11 is 11.7. The minimum Gasteiger partial charge on any atom is -0.412 e. The summed E-state index contributed by atoms with van der Waals surface area (Å²) in [5.41, 5.74) is 14.9. The summed E-state index contributed by atoms with van der Waals surface area (Å²) in [6.45, 7) is 17.2. The van der Waals surface area contributed by atoms with Gasteiger partial charge in [0.1, 0.15) is 0 Å². The van der Waals surface area contributed by atoms with Crippen LogP contribution in [0.4, 0.5) is 11.6 Å². The standard InChI is InChI=1S/C88H64N8S8.Ga.H2O/c1-49-9-25-57(26-10-49)97-65-41-42-66(98-58-27-11-50(2)12-28-58)74-73(65)81-89-82(74)94-84-77-69(101-61-33-17-53(5)18-34-61)45-46-70(102-62-35-19-54(6)20-36-62)78(77)86(91-84)96-88-80-72(104-64-39-23-56(8)24-40-64)48-47-71(103-63-37-21-55(7)22-38-63)79(80)87(92-88)95-85-76-68(100-60-31-15-52(4)16-32-60)44-43-67(75(76)83(90-85)93-81)99-59-29-13-51(3)14-30-59;;/h9-48H,1-8H3;;1H2/q-2;+2;. The molecule has 0 saturated heterocycles. The molecule has 18 rings (SSSR count). The molecule has 9 nitrogen and oxygen atoms in total. The van der Waals surface area contributed by atoms with Crippen LogP contribution in [0.25, 0.3) is 21.5 Å². The quantitative estimate of drug-likeness (QED) is 0.0879. The maximum atomic E-state index is 6.26. The van der Waals surface area contributed by atoms with Crippen LogP contribution in [0.2, 0.25) is 0 Å². The van der Waals surface area contributed by atoms with Crippen LogP contribution < -0.4 is 11.0 Å². The molecule has 0 fully saturated rings. The smallest absolute Gasteiger partial charge is 0.412 e. The fourth-order valence-electron chi connectivity index (χ4n) is 13.2. The van der Waals surface area contributed by atoms with E-state index in [-0.39, 0.29) is 5.48 Å². The summed E-state index contributed by atoms with van der Waals surface area (Å²) in [6.07, 6.45) is 0. The normalized spacial score (nSPS) is 13.0. The van der Waals surface area contributed by atoms with Gasteiger partial charge in [-0.3, -0.25) is 0 Å². The molecular weight excluding hydrogens is 1510 g/mol. The van der Waals surface area contributed by atoms with Gasteiger partial charge >= 0.3 is 659 Å². The van der Waals surface area contributed by atoms with E-state index in [0.717, 1.165) is 145 Å². The number of aryl methyl sites for hydroxylation is 8. The van der Waals surface area contributed by atoms with Crippen molar-refractivity contribution >= 4 is 169 Å². The van der Waals surface area contributed by atoms with Gasteiger partial charge in [-0.2, -0.15) is 0 Å². The number of hydrogen-bond acceptors (Lipinski definition) is 14. The zero-order valence-electron chi connectivity index (χ0n) is 59.0. The summed E-state index contributed by atoms with van der Waals surface area (Å²) in [5.74, 6) is 3.93. The number of benzene rings is 12. The molecule has 14 aromatic rings. The van der Waals surface area contributed by atoms with Crippen molar-refractivity contribution < 1.29 is 5.48 Å². The van der Waals surface area contributed by atoms with Crippen LogP contribution in [0.15, 0.2) is 351 Å². The molecule has 12 aromatic carbocycles. The molecule has 4 aliphatic heterocycles. The predicted molar refractivity (Wildman–Crippen MR) is 447 cm³/mol. The summed E-state index contributed by atoms with van der Waals surface area (Å²) in [7, 11) is 0. The predicted octanol–water partition coefficient (Wildman–Crippen LogP) is 23.3. The van der Waals surface area contributed by atoms with Crippen LogP contribution in [-0.4, -0.2) is 53.3 Å². The number of aromatic nitrogens is 2. The topological polar surface area (TPSA) is 116 Å². The van der Waals surface area contributed by atoms with Gasteiger partial charge in [-0.05, 0) is 0 Å². The van der Waals surface area contributed by atoms with E-state index < -0.39 is 17.9 Å². The van der Waals surface area contributed by atoms with E-state index in [1.54, 1.807) is 94.1 Å². The van der Waals surface area contributed by atoms with Gasteiger partial charge in [0.25, 0.3) is 0 Å². The van der Waals surface area contributed by atoms with Gasteiger partial charge in [-0.15, -0.1) is 0 Å². The number of hydrogen-bond donors (Lipinski definition) is 0. The Morgan fingerprint density at radius 1 is 0.208 bits per heavy atom. The van der Waals surface area contributed by atoms with Gasteiger partial charge in [0.2, 0.25) is 0 Å². The third-order valence-corrected chi connectivity index (χ3v) is 30.3. The van der Waals surface area contributed by atoms with Gasteiger partial charge < -0.3 is 5.48 Å². The van der Waals surface area contributed by atoms with Gasteiger partial charge in [-0.25, -0.2) is 0 Å². The minimum absolute atomic E-state index is 0. The van der Waals surface area contributed by atoms with Crippen LogP contribution in [0.3, 0.4) is 0 Å². The Balaban J connectivity index is 0.00000827. The molecule has 0 saturated carbocycles. The SMILES string of the molecule is Cc1ccc(Sc2ccc(Sc3ccc(C)cc3)c3c2C2=NC3=Nc3c4c(Sc5ccc(C)cc5)ccc(Sc5ccc(C)cc5)c4c4[n]3[Ga][n]3c(c5c(Sc6ccc(C)cc6)ccc(Sc6ccc(C)cc6)c5c3=NC3=NC(=N4)c4c(Sc5ccc(C)cc5)ccc(Sc5ccc(C)cc5)c43)=N2)cc1.O. The van der Waals surface area contributed by atoms with Crippen LogP contribution in [0.5, 0.6) is 0 Å². The van der Waals surface area contributed by atoms with E-state index in [0.29, 0.717) is 23.3 Å². The van der Waals surface area contributed by atoms with E-state index in [4.69, 9.17) is 30.0 Å². The van der Waals surface area contributed by atoms with Crippen LogP contribution >= 0.6 is 94.1 Å². The van der Waals surface area contributed by atoms with Crippen molar-refractivity contribution in [3.63, 3.8) is 0 Å². The molecule has 2 aromatic heterocycles. The molecule has 6 heterocycles. The van der Waals surface area contributed by atoms with E-state index in [1.807, 2.05) is 0 Å². The molecule has 4 aliphatic rings. The summed E-state index contributed by atoms with van der Waals surface area (Å²) in [5, 5.41) is 3.96. The van der Waals surface area contributed by atoms with Crippen LogP contribution in [0, 0.1) is 55.4 Å². The minimum atomic E-state index is -2.29. The molecule has 0 atom stereocenters. The molecular formula is C88H66GaN8OS8. The first kappa shape index (κ1) is 70.4. The Hall–Kier alpha value is -8.60. The number of nitrogens with zero attached hydrogens (tertiary/aromatic N) is 8. The summed E-state index contributed by atoms with van der Waals surface area (Å²) in [4.78, 5) is 54.2. The second-order valence-corrected chi connectivity index (χ2v) is 38.3. The monoisotopic (exact) mass is 1580 g/mol. The van der Waals surface area contributed by atoms with Gasteiger partial charge in [0, 0.05) is 0 Å². The number of fused-ring (bicyclic) bond motifs is 14. The average Bonchev–Trinajstić information content (AvgIpc) is 1.55. The summed E-state index contributed by atoms with van der Waals surface area (Å²) in [6, 6.07) is 89.3. The average molecular weight is 1580 g/mol. The molecule has 0 unspecified atom stereocenters. The van der Waals surface area contributed by atoms with Crippen molar-refractivity contribution in [2.45, 2.75) is 134 Å². The van der Waals surface area contributed by atoms with Crippen molar-refractivity contribution in [2.75, 3.05) is 0 Å². The molecule has 515 valence electrons. The molecule has 0 spiro atoms. The first-order valence-electron chi connectivity index (χ1n) is 34.6. The number of amidine groups is 4. The zero-order chi connectivity index (χ0) is 71.1. The van der Waals surface area contributed by atoms with Crippen molar-refractivity contribution in [2.24, 2.45) is 30.0 Å². The van der Waals surface area contributed by atoms with Crippen molar-refractivity contribution in [1.82, 2.24) is 6.55 Å². The molecule has 6 bridgehead atoms. The Labute approximate surface area is 658 Å². The molecule has 0 amide bonds. The molecule has 0 aliphatic carbocycles. The Kier molecular flexibility index (Phi) is 19.6. The van der Waals surface area contributed by atoms with Gasteiger partial charge in [0.15, 0.2) is 0 Å². The zero-order valence-corrected chi connectivity index (χ0v) is 68.0. The maximum Gasteiger partial charge on any atom is -0.412 e. The Morgan fingerprint density at radius 3 is 0.623 bits per heavy atom. The molecule has 2 N–H and O–H groups in total. The van der Waals surface area contributed by atoms with Gasteiger partial charge in [0.05, 0.1) is 0 Å². The third kappa shape index (κ3) is 13.9. The van der Waals surface area contributed by atoms with E-state index in [1.165, 1.54) is 44.5 Å². The number of aliphatic imine (C=N–C) groups is 4. The van der Waals surface area contributed by atoms with E-state index in [2.05, 4.69) is 305 Å². The number of rotatable bonds is 16. The molecule has 106 heavy (non-hydrogen) atoms. The van der Waals surface area contributed by atoms with Crippen molar-refractivity contribution in [1.29, 1.82) is 0 Å². The fourth-order valence-corrected chi connectivity index (χ4v) is 23.8. The summed E-state index contributed by atoms with van der Waals surface area (Å²) < 4.78 is 5.02. The first-order chi connectivity index (χ1) is 51.2. The third-order valence-electron chi connectivity index (χ3n) is 18.7. The van der Waals surface area contributed by atoms with Gasteiger partial charge in [-0.1, -0.05) is 0 Å². The molecule has 1 radical (unpaired) electrons. The largest absolute Gasteiger partial charge is 0.412 e. The van der Waals surface area contributed by atoms with E-state index in [9.17, 15) is 0 Å². The Bertz CT molecular complexity index is 5780. The fraction of sp³-hybridized carbons (Fsp3) is 0.0909. The van der Waals surface area contributed by atoms with Crippen LogP contribution in [0.1, 0.15) is 66.8 Å². The van der Waals surface area contributed by atoms with Crippen LogP contribution in [-0.2, 0) is 0 Å². The Morgan fingerprint density at radius 2 is 0.396 bits per heavy atom. The second kappa shape index (κ2) is 29.5. The van der Waals surface area contributed by atoms with E-state index >= 15 is 0 Å². The maximum absolute atomic E-state index is 6.26. The second-order valence-electron chi connectivity index (χ2n) is 26.7.